The van der Waals surface area contributed by atoms with Gasteiger partial charge in [0.25, 0.3) is 0 Å². The van der Waals surface area contributed by atoms with Crippen molar-refractivity contribution < 1.29 is 9.90 Å². The average molecular weight is 185 g/mol. The summed E-state index contributed by atoms with van der Waals surface area (Å²) in [5.41, 5.74) is 0.172. The van der Waals surface area contributed by atoms with E-state index in [1.807, 2.05) is 0 Å². The molecule has 0 aromatic carbocycles. The molecule has 4 heteroatoms. The molecule has 1 rings (SSSR count). The first-order valence-electron chi connectivity index (χ1n) is 3.91. The van der Waals surface area contributed by atoms with Crippen molar-refractivity contribution in [2.75, 3.05) is 0 Å². The zero-order chi connectivity index (χ0) is 8.97. The Bertz CT molecular complexity index is 270. The smallest absolute Gasteiger partial charge is 0.355 e. The van der Waals surface area contributed by atoms with Crippen molar-refractivity contribution in [1.82, 2.24) is 4.98 Å². The van der Waals surface area contributed by atoms with Crippen LogP contribution in [0.4, 0.5) is 0 Å². The van der Waals surface area contributed by atoms with Crippen molar-refractivity contribution in [3.63, 3.8) is 0 Å². The van der Waals surface area contributed by atoms with Gasteiger partial charge < -0.3 is 5.11 Å². The van der Waals surface area contributed by atoms with Gasteiger partial charge >= 0.3 is 5.97 Å². The number of hydrogen-bond donors (Lipinski definition) is 1. The van der Waals surface area contributed by atoms with Crippen molar-refractivity contribution in [3.05, 3.63) is 16.1 Å². The molecule has 3 nitrogen and oxygen atoms in total. The summed E-state index contributed by atoms with van der Waals surface area (Å²) >= 11 is 1.43. The minimum absolute atomic E-state index is 0.172. The summed E-state index contributed by atoms with van der Waals surface area (Å²) in [6.45, 7) is 2.10. The number of unbranched alkanes of at least 4 members (excludes halogenated alkanes) is 1. The van der Waals surface area contributed by atoms with Gasteiger partial charge in [-0.05, 0) is 12.8 Å². The third kappa shape index (κ3) is 2.30. The fourth-order valence-electron chi connectivity index (χ4n) is 0.852. The van der Waals surface area contributed by atoms with Gasteiger partial charge in [0, 0.05) is 5.38 Å². The fourth-order valence-corrected chi connectivity index (χ4v) is 1.67. The first-order chi connectivity index (χ1) is 5.74. The highest BCUT2D eigenvalue weighted by atomic mass is 32.1. The van der Waals surface area contributed by atoms with E-state index in [2.05, 4.69) is 11.9 Å². The van der Waals surface area contributed by atoms with Crippen LogP contribution in [0.3, 0.4) is 0 Å². The minimum atomic E-state index is -0.936. The quantitative estimate of drug-likeness (QED) is 0.782. The number of thiazole rings is 1. The van der Waals surface area contributed by atoms with Crippen molar-refractivity contribution >= 4 is 17.3 Å². The Balaban J connectivity index is 2.58. The summed E-state index contributed by atoms with van der Waals surface area (Å²) in [6.07, 6.45) is 3.09. The number of carboxylic acids is 1. The van der Waals surface area contributed by atoms with E-state index >= 15 is 0 Å². The Morgan fingerprint density at radius 3 is 3.00 bits per heavy atom. The monoisotopic (exact) mass is 185 g/mol. The summed E-state index contributed by atoms with van der Waals surface area (Å²) < 4.78 is 0. The second kappa shape index (κ2) is 4.21. The molecule has 0 unspecified atom stereocenters. The zero-order valence-corrected chi connectivity index (χ0v) is 7.73. The molecule has 0 aliphatic carbocycles. The molecular formula is C8H11NO2S. The minimum Gasteiger partial charge on any atom is -0.476 e. The molecule has 1 heterocycles. The van der Waals surface area contributed by atoms with Crippen LogP contribution in [-0.2, 0) is 6.42 Å². The first-order valence-corrected chi connectivity index (χ1v) is 4.79. The molecule has 0 bridgehead atoms. The normalized spacial score (nSPS) is 10.1. The Hall–Kier alpha value is -0.900. The molecule has 1 aromatic rings. The van der Waals surface area contributed by atoms with E-state index in [9.17, 15) is 4.79 Å². The molecule has 0 saturated carbocycles. The van der Waals surface area contributed by atoms with E-state index in [0.717, 1.165) is 24.3 Å². The molecule has 0 amide bonds. The molecule has 0 aliphatic rings. The standard InChI is InChI=1S/C8H11NO2S/c1-2-3-4-7-9-6(5-12-7)8(10)11/h5H,2-4H2,1H3,(H,10,11). The van der Waals surface area contributed by atoms with Crippen LogP contribution in [0.15, 0.2) is 5.38 Å². The maximum absolute atomic E-state index is 10.4. The predicted octanol–water partition coefficient (Wildman–Crippen LogP) is 2.18. The van der Waals surface area contributed by atoms with Gasteiger partial charge in [0.05, 0.1) is 5.01 Å². The summed E-state index contributed by atoms with van der Waals surface area (Å²) in [7, 11) is 0. The molecular weight excluding hydrogens is 174 g/mol. The Morgan fingerprint density at radius 2 is 2.50 bits per heavy atom. The van der Waals surface area contributed by atoms with Gasteiger partial charge in [-0.1, -0.05) is 13.3 Å². The highest BCUT2D eigenvalue weighted by molar-refractivity contribution is 7.09. The fraction of sp³-hybridized carbons (Fsp3) is 0.500. The van der Waals surface area contributed by atoms with E-state index in [1.165, 1.54) is 11.3 Å². The van der Waals surface area contributed by atoms with E-state index in [4.69, 9.17) is 5.11 Å². The lowest BCUT2D eigenvalue weighted by atomic mass is 10.3. The van der Waals surface area contributed by atoms with Gasteiger partial charge in [-0.2, -0.15) is 0 Å². The molecule has 66 valence electrons. The van der Waals surface area contributed by atoms with Gasteiger partial charge in [0.1, 0.15) is 0 Å². The van der Waals surface area contributed by atoms with Crippen molar-refractivity contribution in [1.29, 1.82) is 0 Å². The number of carboxylic acid groups (broad SMARTS) is 1. The lowest BCUT2D eigenvalue weighted by Gasteiger charge is -1.90. The van der Waals surface area contributed by atoms with Crippen LogP contribution in [-0.4, -0.2) is 16.1 Å². The molecule has 0 fully saturated rings. The molecule has 1 N–H and O–H groups in total. The number of aromatic nitrogens is 1. The Morgan fingerprint density at radius 1 is 1.75 bits per heavy atom. The largest absolute Gasteiger partial charge is 0.476 e. The number of nitrogens with zero attached hydrogens (tertiary/aromatic N) is 1. The molecule has 1 aromatic heterocycles. The molecule has 0 spiro atoms. The zero-order valence-electron chi connectivity index (χ0n) is 6.91. The van der Waals surface area contributed by atoms with Gasteiger partial charge in [-0.3, -0.25) is 0 Å². The topological polar surface area (TPSA) is 50.2 Å². The third-order valence-corrected chi connectivity index (χ3v) is 2.42. The Labute approximate surface area is 75.1 Å². The summed E-state index contributed by atoms with van der Waals surface area (Å²) in [4.78, 5) is 14.4. The number of rotatable bonds is 4. The molecule has 0 aliphatic heterocycles. The summed E-state index contributed by atoms with van der Waals surface area (Å²) in [5, 5.41) is 11.1. The first kappa shape index (κ1) is 9.19. The number of aryl methyl sites for hydroxylation is 1. The highest BCUT2D eigenvalue weighted by Crippen LogP contribution is 2.12. The van der Waals surface area contributed by atoms with E-state index in [0.29, 0.717) is 0 Å². The highest BCUT2D eigenvalue weighted by Gasteiger charge is 2.07. The lowest BCUT2D eigenvalue weighted by molar-refractivity contribution is 0.0691. The van der Waals surface area contributed by atoms with Crippen molar-refractivity contribution in [2.45, 2.75) is 26.2 Å². The van der Waals surface area contributed by atoms with Crippen LogP contribution < -0.4 is 0 Å². The SMILES string of the molecule is CCCCc1nc(C(=O)O)cs1. The van der Waals surface area contributed by atoms with Gasteiger partial charge in [-0.15, -0.1) is 11.3 Å². The summed E-state index contributed by atoms with van der Waals surface area (Å²) in [6, 6.07) is 0. The van der Waals surface area contributed by atoms with Crippen LogP contribution in [0.2, 0.25) is 0 Å². The number of aromatic carboxylic acids is 1. The van der Waals surface area contributed by atoms with Gasteiger partial charge in [-0.25, -0.2) is 9.78 Å². The van der Waals surface area contributed by atoms with E-state index in [1.54, 1.807) is 5.38 Å². The molecule has 0 radical (unpaired) electrons. The second-order valence-corrected chi connectivity index (χ2v) is 3.48. The van der Waals surface area contributed by atoms with Gasteiger partial charge in [0.2, 0.25) is 0 Å². The maximum atomic E-state index is 10.4. The average Bonchev–Trinajstić information content (AvgIpc) is 2.48. The maximum Gasteiger partial charge on any atom is 0.355 e. The van der Waals surface area contributed by atoms with Crippen molar-refractivity contribution in [2.24, 2.45) is 0 Å². The molecule has 12 heavy (non-hydrogen) atoms. The summed E-state index contributed by atoms with van der Waals surface area (Å²) in [5.74, 6) is -0.936. The van der Waals surface area contributed by atoms with Crippen molar-refractivity contribution in [3.8, 4) is 0 Å². The number of hydrogen-bond acceptors (Lipinski definition) is 3. The molecule has 0 atom stereocenters. The van der Waals surface area contributed by atoms with Gasteiger partial charge in [0.15, 0.2) is 5.69 Å². The van der Waals surface area contributed by atoms with Crippen LogP contribution in [0.25, 0.3) is 0 Å². The molecule has 0 saturated heterocycles. The lowest BCUT2D eigenvalue weighted by Crippen LogP contribution is -1.96. The third-order valence-electron chi connectivity index (χ3n) is 1.52. The predicted molar refractivity (Wildman–Crippen MR) is 47.7 cm³/mol. The van der Waals surface area contributed by atoms with E-state index < -0.39 is 5.97 Å². The van der Waals surface area contributed by atoms with Crippen LogP contribution in [0.1, 0.15) is 35.3 Å². The van der Waals surface area contributed by atoms with Crippen LogP contribution >= 0.6 is 11.3 Å². The Kier molecular flexibility index (Phi) is 3.22. The van der Waals surface area contributed by atoms with Crippen LogP contribution in [0, 0.1) is 0 Å². The number of carbonyl (C=O) groups is 1. The van der Waals surface area contributed by atoms with E-state index in [-0.39, 0.29) is 5.69 Å². The van der Waals surface area contributed by atoms with Crippen LogP contribution in [0.5, 0.6) is 0 Å². The second-order valence-electron chi connectivity index (χ2n) is 2.54.